The molecule has 0 aromatic heterocycles. The van der Waals surface area contributed by atoms with Crippen molar-refractivity contribution in [2.75, 3.05) is 5.32 Å². The van der Waals surface area contributed by atoms with E-state index in [9.17, 15) is 4.79 Å². The van der Waals surface area contributed by atoms with Gasteiger partial charge in [-0.2, -0.15) is 0 Å². The van der Waals surface area contributed by atoms with Crippen molar-refractivity contribution in [3.8, 4) is 0 Å². The average Bonchev–Trinajstić information content (AvgIpc) is 3.00. The zero-order valence-electron chi connectivity index (χ0n) is 9.74. The summed E-state index contributed by atoms with van der Waals surface area (Å²) in [5.41, 5.74) is 1.26. The van der Waals surface area contributed by atoms with E-state index in [1.807, 2.05) is 12.1 Å². The van der Waals surface area contributed by atoms with E-state index in [4.69, 9.17) is 5.11 Å². The number of carbonyl (C=O) groups is 1. The summed E-state index contributed by atoms with van der Waals surface area (Å²) in [6, 6.07) is 5.70. The van der Waals surface area contributed by atoms with Gasteiger partial charge in [0.2, 0.25) is 0 Å². The first kappa shape index (κ1) is 12.4. The molecule has 3 nitrogen and oxygen atoms in total. The molecule has 1 aromatic rings. The lowest BCUT2D eigenvalue weighted by Crippen LogP contribution is -2.15. The molecule has 4 heteroatoms. The summed E-state index contributed by atoms with van der Waals surface area (Å²) in [7, 11) is 0. The lowest BCUT2D eigenvalue weighted by Gasteiger charge is -2.15. The Morgan fingerprint density at radius 2 is 2.29 bits per heavy atom. The van der Waals surface area contributed by atoms with Crippen LogP contribution in [0.25, 0.3) is 0 Å². The number of carboxylic acids is 1. The molecule has 0 heterocycles. The number of carboxylic acid groups (broad SMARTS) is 1. The van der Waals surface area contributed by atoms with Gasteiger partial charge in [0.15, 0.2) is 0 Å². The maximum atomic E-state index is 10.9. The predicted octanol–water partition coefficient (Wildman–Crippen LogP) is 3.75. The summed E-state index contributed by atoms with van der Waals surface area (Å²) < 4.78 is 0.619. The van der Waals surface area contributed by atoms with Crippen molar-refractivity contribution in [3.63, 3.8) is 0 Å². The fourth-order valence-electron chi connectivity index (χ4n) is 1.98. The smallest absolute Gasteiger partial charge is 0.336 e. The molecule has 0 radical (unpaired) electrons. The quantitative estimate of drug-likeness (QED) is 0.870. The summed E-state index contributed by atoms with van der Waals surface area (Å²) in [6.45, 7) is 2.16. The van der Waals surface area contributed by atoms with Crippen LogP contribution in [0.15, 0.2) is 22.7 Å². The van der Waals surface area contributed by atoms with E-state index in [0.29, 0.717) is 16.1 Å². The van der Waals surface area contributed by atoms with Crippen molar-refractivity contribution in [3.05, 3.63) is 28.2 Å². The third-order valence-electron chi connectivity index (χ3n) is 3.00. The number of benzene rings is 1. The monoisotopic (exact) mass is 297 g/mol. The molecule has 1 unspecified atom stereocenters. The van der Waals surface area contributed by atoms with Crippen LogP contribution in [0, 0.1) is 5.92 Å². The van der Waals surface area contributed by atoms with Gasteiger partial charge in [-0.15, -0.1) is 0 Å². The van der Waals surface area contributed by atoms with Crippen LogP contribution in [-0.4, -0.2) is 17.1 Å². The average molecular weight is 298 g/mol. The molecule has 1 aliphatic rings. The zero-order valence-corrected chi connectivity index (χ0v) is 11.3. The van der Waals surface area contributed by atoms with E-state index in [2.05, 4.69) is 28.2 Å². The normalized spacial score (nSPS) is 16.6. The standard InChI is InChI=1S/C13H16BrNO2/c1-8(6-9-2-3-9)15-10-4-5-11(13(16)17)12(14)7-10/h4-5,7-9,15H,2-3,6H2,1H3,(H,16,17). The lowest BCUT2D eigenvalue weighted by molar-refractivity contribution is 0.0696. The van der Waals surface area contributed by atoms with Crippen molar-refractivity contribution in [1.29, 1.82) is 0 Å². The third-order valence-corrected chi connectivity index (χ3v) is 3.65. The molecule has 0 aliphatic heterocycles. The van der Waals surface area contributed by atoms with Gasteiger partial charge in [-0.3, -0.25) is 0 Å². The number of hydrogen-bond donors (Lipinski definition) is 2. The van der Waals surface area contributed by atoms with Gasteiger partial charge in [-0.05, 0) is 53.4 Å². The fraction of sp³-hybridized carbons (Fsp3) is 0.462. The highest BCUT2D eigenvalue weighted by Crippen LogP contribution is 2.34. The molecule has 0 saturated heterocycles. The highest BCUT2D eigenvalue weighted by atomic mass is 79.9. The molecule has 1 saturated carbocycles. The Bertz CT molecular complexity index is 429. The zero-order chi connectivity index (χ0) is 12.4. The Morgan fingerprint density at radius 1 is 1.59 bits per heavy atom. The second kappa shape index (κ2) is 5.08. The van der Waals surface area contributed by atoms with Crippen LogP contribution >= 0.6 is 15.9 Å². The second-order valence-electron chi connectivity index (χ2n) is 4.72. The first-order valence-electron chi connectivity index (χ1n) is 5.85. The van der Waals surface area contributed by atoms with Crippen molar-refractivity contribution < 1.29 is 9.90 Å². The summed E-state index contributed by atoms with van der Waals surface area (Å²) in [6.07, 6.45) is 3.90. The van der Waals surface area contributed by atoms with Crippen molar-refractivity contribution in [2.45, 2.75) is 32.2 Å². The summed E-state index contributed by atoms with van der Waals surface area (Å²) in [5.74, 6) is -0.0197. The molecule has 2 N–H and O–H groups in total. The largest absolute Gasteiger partial charge is 0.478 e. The maximum Gasteiger partial charge on any atom is 0.336 e. The van der Waals surface area contributed by atoms with Crippen LogP contribution in [0.3, 0.4) is 0 Å². The van der Waals surface area contributed by atoms with E-state index in [-0.39, 0.29) is 0 Å². The van der Waals surface area contributed by atoms with Crippen LogP contribution in [-0.2, 0) is 0 Å². The van der Waals surface area contributed by atoms with Gasteiger partial charge in [0.25, 0.3) is 0 Å². The summed E-state index contributed by atoms with van der Waals surface area (Å²) >= 11 is 3.28. The Kier molecular flexibility index (Phi) is 3.72. The maximum absolute atomic E-state index is 10.9. The molecule has 0 amide bonds. The SMILES string of the molecule is CC(CC1CC1)Nc1ccc(C(=O)O)c(Br)c1. The number of aromatic carboxylic acids is 1. The van der Waals surface area contributed by atoms with Gasteiger partial charge >= 0.3 is 5.97 Å². The van der Waals surface area contributed by atoms with E-state index in [1.165, 1.54) is 19.3 Å². The number of hydrogen-bond acceptors (Lipinski definition) is 2. The molecule has 1 aromatic carbocycles. The summed E-state index contributed by atoms with van der Waals surface area (Å²) in [5, 5.41) is 12.3. The Morgan fingerprint density at radius 3 is 2.82 bits per heavy atom. The molecule has 1 fully saturated rings. The minimum absolute atomic E-state index is 0.297. The molecule has 17 heavy (non-hydrogen) atoms. The fourth-order valence-corrected chi connectivity index (χ4v) is 2.52. The minimum Gasteiger partial charge on any atom is -0.478 e. The van der Waals surface area contributed by atoms with E-state index in [0.717, 1.165) is 11.6 Å². The van der Waals surface area contributed by atoms with Gasteiger partial charge in [0.05, 0.1) is 5.56 Å². The van der Waals surface area contributed by atoms with Crippen molar-refractivity contribution in [1.82, 2.24) is 0 Å². The van der Waals surface area contributed by atoms with Gasteiger partial charge < -0.3 is 10.4 Å². The van der Waals surface area contributed by atoms with Crippen molar-refractivity contribution in [2.24, 2.45) is 5.92 Å². The van der Waals surface area contributed by atoms with Crippen LogP contribution in [0.4, 0.5) is 5.69 Å². The van der Waals surface area contributed by atoms with Crippen LogP contribution < -0.4 is 5.32 Å². The number of rotatable bonds is 5. The van der Waals surface area contributed by atoms with E-state index in [1.54, 1.807) is 6.07 Å². The van der Waals surface area contributed by atoms with Crippen LogP contribution in [0.5, 0.6) is 0 Å². The number of anilines is 1. The first-order chi connectivity index (χ1) is 8.06. The summed E-state index contributed by atoms with van der Waals surface area (Å²) in [4.78, 5) is 10.9. The number of halogens is 1. The first-order valence-corrected chi connectivity index (χ1v) is 6.65. The number of nitrogens with one attached hydrogen (secondary N) is 1. The van der Waals surface area contributed by atoms with Gasteiger partial charge in [0.1, 0.15) is 0 Å². The molecule has 0 bridgehead atoms. The third kappa shape index (κ3) is 3.46. The lowest BCUT2D eigenvalue weighted by atomic mass is 10.1. The molecule has 0 spiro atoms. The molecule has 2 rings (SSSR count). The molecule has 92 valence electrons. The Labute approximate surface area is 109 Å². The van der Waals surface area contributed by atoms with Crippen LogP contribution in [0.2, 0.25) is 0 Å². The minimum atomic E-state index is -0.908. The molecular formula is C13H16BrNO2. The highest BCUT2D eigenvalue weighted by molar-refractivity contribution is 9.10. The van der Waals surface area contributed by atoms with Gasteiger partial charge in [-0.25, -0.2) is 4.79 Å². The second-order valence-corrected chi connectivity index (χ2v) is 5.58. The van der Waals surface area contributed by atoms with E-state index >= 15 is 0 Å². The van der Waals surface area contributed by atoms with Crippen LogP contribution in [0.1, 0.15) is 36.5 Å². The van der Waals surface area contributed by atoms with E-state index < -0.39 is 5.97 Å². The molecule has 1 atom stereocenters. The van der Waals surface area contributed by atoms with Gasteiger partial charge in [0, 0.05) is 16.2 Å². The topological polar surface area (TPSA) is 49.3 Å². The Balaban J connectivity index is 2.00. The molecule has 1 aliphatic carbocycles. The van der Waals surface area contributed by atoms with Crippen molar-refractivity contribution >= 4 is 27.6 Å². The Hall–Kier alpha value is -1.03. The highest BCUT2D eigenvalue weighted by Gasteiger charge is 2.23. The predicted molar refractivity (Wildman–Crippen MR) is 71.5 cm³/mol. The van der Waals surface area contributed by atoms with Gasteiger partial charge in [-0.1, -0.05) is 12.8 Å². The molecular weight excluding hydrogens is 282 g/mol.